The number of para-hydroxylation sites is 3. The van der Waals surface area contributed by atoms with Crippen LogP contribution in [0.1, 0.15) is 19.4 Å². The number of ether oxygens (including phenoxy) is 2. The maximum atomic E-state index is 11.6. The van der Waals surface area contributed by atoms with Crippen LogP contribution in [0.25, 0.3) is 11.1 Å². The molecule has 0 aliphatic heterocycles. The molecule has 0 bridgehead atoms. The SMILES string of the molecule is CC(C)(Oc1ccccc1CCN(CCOc1ccc(Cl)cc1)c1nc2ccccc2o1)C(=O)O. The summed E-state index contributed by atoms with van der Waals surface area (Å²) in [4.78, 5) is 18.2. The summed E-state index contributed by atoms with van der Waals surface area (Å²) < 4.78 is 17.7. The Morgan fingerprint density at radius 1 is 1.03 bits per heavy atom. The van der Waals surface area contributed by atoms with E-state index in [0.29, 0.717) is 48.5 Å². The molecule has 0 aliphatic carbocycles. The predicted octanol–water partition coefficient (Wildman–Crippen LogP) is 5.85. The highest BCUT2D eigenvalue weighted by Gasteiger charge is 2.30. The van der Waals surface area contributed by atoms with Crippen LogP contribution in [0.4, 0.5) is 6.01 Å². The molecule has 0 unspecified atom stereocenters. The summed E-state index contributed by atoms with van der Waals surface area (Å²) in [6, 6.07) is 22.8. The first-order chi connectivity index (χ1) is 16.8. The second-order valence-corrected chi connectivity index (χ2v) is 8.97. The number of hydrogen-bond donors (Lipinski definition) is 1. The number of anilines is 1. The fourth-order valence-electron chi connectivity index (χ4n) is 3.49. The van der Waals surface area contributed by atoms with Crippen molar-refractivity contribution in [3.63, 3.8) is 0 Å². The van der Waals surface area contributed by atoms with E-state index in [1.54, 1.807) is 18.2 Å². The Kier molecular flexibility index (Phi) is 7.46. The molecule has 0 radical (unpaired) electrons. The van der Waals surface area contributed by atoms with Gasteiger partial charge in [0.1, 0.15) is 23.6 Å². The van der Waals surface area contributed by atoms with Crippen LogP contribution in [0.2, 0.25) is 5.02 Å². The third kappa shape index (κ3) is 6.25. The van der Waals surface area contributed by atoms with E-state index in [0.717, 1.165) is 16.8 Å². The quantitative estimate of drug-likeness (QED) is 0.280. The van der Waals surface area contributed by atoms with E-state index in [1.807, 2.05) is 59.5 Å². The van der Waals surface area contributed by atoms with Crippen LogP contribution in [0, 0.1) is 0 Å². The average Bonchev–Trinajstić information content (AvgIpc) is 3.27. The Morgan fingerprint density at radius 2 is 1.74 bits per heavy atom. The largest absolute Gasteiger partial charge is 0.492 e. The smallest absolute Gasteiger partial charge is 0.347 e. The highest BCUT2D eigenvalue weighted by Crippen LogP contribution is 2.26. The number of hydrogen-bond acceptors (Lipinski definition) is 6. The van der Waals surface area contributed by atoms with E-state index in [9.17, 15) is 9.90 Å². The van der Waals surface area contributed by atoms with E-state index in [2.05, 4.69) is 4.98 Å². The maximum Gasteiger partial charge on any atom is 0.347 e. The molecule has 182 valence electrons. The summed E-state index contributed by atoms with van der Waals surface area (Å²) >= 11 is 5.96. The molecule has 0 saturated carbocycles. The summed E-state index contributed by atoms with van der Waals surface area (Å²) in [5.41, 5.74) is 1.03. The van der Waals surface area contributed by atoms with Crippen LogP contribution < -0.4 is 14.4 Å². The number of carboxylic acid groups (broad SMARTS) is 1. The second-order valence-electron chi connectivity index (χ2n) is 8.53. The molecule has 0 spiro atoms. The van der Waals surface area contributed by atoms with Gasteiger partial charge < -0.3 is 23.9 Å². The zero-order chi connectivity index (χ0) is 24.8. The number of carbonyl (C=O) groups is 1. The Balaban J connectivity index is 1.50. The average molecular weight is 495 g/mol. The van der Waals surface area contributed by atoms with Crippen molar-refractivity contribution in [2.75, 3.05) is 24.6 Å². The third-order valence-electron chi connectivity index (χ3n) is 5.50. The van der Waals surface area contributed by atoms with Gasteiger partial charge in [0, 0.05) is 11.6 Å². The molecule has 3 aromatic carbocycles. The maximum absolute atomic E-state index is 11.6. The van der Waals surface area contributed by atoms with Gasteiger partial charge in [-0.15, -0.1) is 0 Å². The predicted molar refractivity (Wildman–Crippen MR) is 136 cm³/mol. The molecule has 0 atom stereocenters. The molecule has 7 nitrogen and oxygen atoms in total. The minimum Gasteiger partial charge on any atom is -0.492 e. The Bertz CT molecular complexity index is 1250. The third-order valence-corrected chi connectivity index (χ3v) is 5.75. The van der Waals surface area contributed by atoms with Crippen molar-refractivity contribution >= 4 is 34.7 Å². The molecule has 0 fully saturated rings. The zero-order valence-electron chi connectivity index (χ0n) is 19.6. The van der Waals surface area contributed by atoms with Gasteiger partial charge in [0.15, 0.2) is 11.2 Å². The number of carboxylic acids is 1. The lowest BCUT2D eigenvalue weighted by Gasteiger charge is -2.25. The fraction of sp³-hybridized carbons (Fsp3) is 0.259. The number of aliphatic carboxylic acids is 1. The number of aromatic nitrogens is 1. The number of halogens is 1. The summed E-state index contributed by atoms with van der Waals surface area (Å²) in [5.74, 6) is 0.233. The standard InChI is InChI=1S/C27H27ClN2O5/c1-27(2,25(31)32)35-23-9-5-3-7-19(23)15-16-30(17-18-33-21-13-11-20(28)12-14-21)26-29-22-8-4-6-10-24(22)34-26/h3-14H,15-18H2,1-2H3,(H,31,32). The van der Waals surface area contributed by atoms with Gasteiger partial charge >= 0.3 is 5.97 Å². The van der Waals surface area contributed by atoms with Gasteiger partial charge in [0.05, 0.1) is 6.54 Å². The molecule has 4 rings (SSSR count). The van der Waals surface area contributed by atoms with Gasteiger partial charge in [-0.2, -0.15) is 4.98 Å². The minimum atomic E-state index is -1.34. The molecule has 35 heavy (non-hydrogen) atoms. The molecular weight excluding hydrogens is 468 g/mol. The van der Waals surface area contributed by atoms with Gasteiger partial charge in [-0.3, -0.25) is 0 Å². The lowest BCUT2D eigenvalue weighted by molar-refractivity contribution is -0.152. The Morgan fingerprint density at radius 3 is 2.49 bits per heavy atom. The molecule has 1 heterocycles. The lowest BCUT2D eigenvalue weighted by atomic mass is 10.1. The minimum absolute atomic E-state index is 0.407. The number of fused-ring (bicyclic) bond motifs is 1. The van der Waals surface area contributed by atoms with Gasteiger partial charge in [-0.1, -0.05) is 41.9 Å². The van der Waals surface area contributed by atoms with Crippen molar-refractivity contribution in [3.8, 4) is 11.5 Å². The molecular formula is C27H27ClN2O5. The van der Waals surface area contributed by atoms with E-state index in [1.165, 1.54) is 13.8 Å². The van der Waals surface area contributed by atoms with E-state index in [4.69, 9.17) is 25.5 Å². The number of benzene rings is 3. The van der Waals surface area contributed by atoms with Crippen LogP contribution in [0.3, 0.4) is 0 Å². The molecule has 0 aliphatic rings. The first-order valence-corrected chi connectivity index (χ1v) is 11.7. The van der Waals surface area contributed by atoms with Gasteiger partial charge in [0.2, 0.25) is 0 Å². The van der Waals surface area contributed by atoms with Gasteiger partial charge in [-0.25, -0.2) is 4.79 Å². The molecule has 8 heteroatoms. The van der Waals surface area contributed by atoms with Gasteiger partial charge in [0.25, 0.3) is 6.01 Å². The zero-order valence-corrected chi connectivity index (χ0v) is 20.4. The van der Waals surface area contributed by atoms with Crippen LogP contribution >= 0.6 is 11.6 Å². The van der Waals surface area contributed by atoms with Crippen LogP contribution in [0.5, 0.6) is 11.5 Å². The molecule has 0 amide bonds. The van der Waals surface area contributed by atoms with E-state index >= 15 is 0 Å². The van der Waals surface area contributed by atoms with Crippen molar-refractivity contribution in [1.29, 1.82) is 0 Å². The summed E-state index contributed by atoms with van der Waals surface area (Å²) in [6.45, 7) is 4.56. The molecule has 4 aromatic rings. The number of oxazole rings is 1. The summed E-state index contributed by atoms with van der Waals surface area (Å²) in [6.07, 6.45) is 0.589. The number of rotatable bonds is 11. The highest BCUT2D eigenvalue weighted by molar-refractivity contribution is 6.30. The molecule has 1 N–H and O–H groups in total. The van der Waals surface area contributed by atoms with Crippen LogP contribution in [0.15, 0.2) is 77.2 Å². The normalized spacial score (nSPS) is 11.4. The summed E-state index contributed by atoms with van der Waals surface area (Å²) in [5, 5.41) is 10.1. The molecule has 1 aromatic heterocycles. The van der Waals surface area contributed by atoms with Gasteiger partial charge in [-0.05, 0) is 68.3 Å². The number of nitrogens with zero attached hydrogens (tertiary/aromatic N) is 2. The van der Waals surface area contributed by atoms with Crippen LogP contribution in [-0.2, 0) is 11.2 Å². The molecule has 0 saturated heterocycles. The highest BCUT2D eigenvalue weighted by atomic mass is 35.5. The van der Waals surface area contributed by atoms with Crippen molar-refractivity contribution < 1.29 is 23.8 Å². The Hall–Kier alpha value is -3.71. The van der Waals surface area contributed by atoms with Crippen LogP contribution in [-0.4, -0.2) is 41.4 Å². The second kappa shape index (κ2) is 10.7. The van der Waals surface area contributed by atoms with Crippen molar-refractivity contribution in [3.05, 3.63) is 83.4 Å². The lowest BCUT2D eigenvalue weighted by Crippen LogP contribution is -2.38. The van der Waals surface area contributed by atoms with Crippen molar-refractivity contribution in [2.45, 2.75) is 25.9 Å². The summed E-state index contributed by atoms with van der Waals surface area (Å²) in [7, 11) is 0. The monoisotopic (exact) mass is 494 g/mol. The van der Waals surface area contributed by atoms with E-state index in [-0.39, 0.29) is 0 Å². The van der Waals surface area contributed by atoms with E-state index < -0.39 is 11.6 Å². The first kappa shape index (κ1) is 24.4. The van der Waals surface area contributed by atoms with Crippen molar-refractivity contribution in [1.82, 2.24) is 4.98 Å². The fourth-order valence-corrected chi connectivity index (χ4v) is 3.61. The first-order valence-electron chi connectivity index (χ1n) is 11.3. The topological polar surface area (TPSA) is 85.0 Å². The van der Waals surface area contributed by atoms with Crippen molar-refractivity contribution in [2.24, 2.45) is 0 Å². The Labute approximate surface area is 208 Å².